The van der Waals surface area contributed by atoms with Crippen LogP contribution in [-0.4, -0.2) is 30.6 Å². The van der Waals surface area contributed by atoms with Crippen LogP contribution >= 0.6 is 11.3 Å². The fourth-order valence-corrected chi connectivity index (χ4v) is 3.82. The van der Waals surface area contributed by atoms with E-state index in [9.17, 15) is 9.59 Å². The van der Waals surface area contributed by atoms with Crippen LogP contribution in [0, 0.1) is 0 Å². The van der Waals surface area contributed by atoms with E-state index in [1.54, 1.807) is 24.4 Å². The third-order valence-corrected chi connectivity index (χ3v) is 5.24. The SMILES string of the molecule is COC(=O)c1cc2cc(NC(=O)COc3cccc4cccnc34)ccc2s1. The van der Waals surface area contributed by atoms with E-state index in [-0.39, 0.29) is 18.5 Å². The van der Waals surface area contributed by atoms with Crippen molar-refractivity contribution in [2.75, 3.05) is 19.0 Å². The summed E-state index contributed by atoms with van der Waals surface area (Å²) in [5.41, 5.74) is 1.35. The van der Waals surface area contributed by atoms with Crippen LogP contribution in [0.1, 0.15) is 9.67 Å². The fourth-order valence-electron chi connectivity index (χ4n) is 2.86. The number of rotatable bonds is 5. The highest BCUT2D eigenvalue weighted by Gasteiger charge is 2.12. The molecule has 0 fully saturated rings. The van der Waals surface area contributed by atoms with Gasteiger partial charge in [0, 0.05) is 22.0 Å². The molecule has 7 heteroatoms. The number of methoxy groups -OCH3 is 1. The summed E-state index contributed by atoms with van der Waals surface area (Å²) in [6.07, 6.45) is 1.69. The van der Waals surface area contributed by atoms with E-state index in [4.69, 9.17) is 9.47 Å². The number of para-hydroxylation sites is 1. The Morgan fingerprint density at radius 3 is 2.79 bits per heavy atom. The van der Waals surface area contributed by atoms with Crippen molar-refractivity contribution in [2.24, 2.45) is 0 Å². The van der Waals surface area contributed by atoms with Crippen molar-refractivity contribution in [3.63, 3.8) is 0 Å². The average molecular weight is 392 g/mol. The van der Waals surface area contributed by atoms with Crippen molar-refractivity contribution < 1.29 is 19.1 Å². The number of hydrogen-bond acceptors (Lipinski definition) is 6. The highest BCUT2D eigenvalue weighted by molar-refractivity contribution is 7.20. The van der Waals surface area contributed by atoms with Crippen LogP contribution in [0.15, 0.2) is 60.8 Å². The first-order valence-corrected chi connectivity index (χ1v) is 9.34. The molecule has 6 nitrogen and oxygen atoms in total. The molecule has 140 valence electrons. The molecule has 0 bridgehead atoms. The van der Waals surface area contributed by atoms with Gasteiger partial charge in [-0.05, 0) is 41.8 Å². The molecule has 4 rings (SSSR count). The van der Waals surface area contributed by atoms with Crippen molar-refractivity contribution in [2.45, 2.75) is 0 Å². The number of aromatic nitrogens is 1. The summed E-state index contributed by atoms with van der Waals surface area (Å²) in [6.45, 7) is -0.134. The van der Waals surface area contributed by atoms with Crippen LogP contribution in [0.2, 0.25) is 0 Å². The number of pyridine rings is 1. The second kappa shape index (κ2) is 7.66. The second-order valence-electron chi connectivity index (χ2n) is 6.02. The van der Waals surface area contributed by atoms with E-state index >= 15 is 0 Å². The minimum atomic E-state index is -0.371. The molecule has 2 heterocycles. The van der Waals surface area contributed by atoms with Crippen molar-refractivity contribution in [3.05, 3.63) is 65.7 Å². The topological polar surface area (TPSA) is 77.5 Å². The van der Waals surface area contributed by atoms with E-state index in [0.29, 0.717) is 21.8 Å². The largest absolute Gasteiger partial charge is 0.481 e. The van der Waals surface area contributed by atoms with Gasteiger partial charge in [-0.1, -0.05) is 18.2 Å². The monoisotopic (exact) mass is 392 g/mol. The Balaban J connectivity index is 1.45. The molecular weight excluding hydrogens is 376 g/mol. The molecule has 2 aromatic heterocycles. The number of thiophene rings is 1. The predicted octanol–water partition coefficient (Wildman–Crippen LogP) is 4.25. The molecular formula is C21H16N2O4S. The molecule has 2 aromatic carbocycles. The molecule has 0 atom stereocenters. The smallest absolute Gasteiger partial charge is 0.348 e. The predicted molar refractivity (Wildman–Crippen MR) is 109 cm³/mol. The molecule has 0 unspecified atom stereocenters. The molecule has 0 saturated carbocycles. The number of carbonyl (C=O) groups excluding carboxylic acids is 2. The van der Waals surface area contributed by atoms with Gasteiger partial charge in [-0.25, -0.2) is 4.79 Å². The maximum atomic E-state index is 12.3. The van der Waals surface area contributed by atoms with Gasteiger partial charge in [-0.3, -0.25) is 9.78 Å². The van der Waals surface area contributed by atoms with Gasteiger partial charge < -0.3 is 14.8 Å². The van der Waals surface area contributed by atoms with Crippen LogP contribution in [0.5, 0.6) is 5.75 Å². The number of anilines is 1. The third kappa shape index (κ3) is 3.65. The van der Waals surface area contributed by atoms with Crippen LogP contribution in [0.3, 0.4) is 0 Å². The molecule has 28 heavy (non-hydrogen) atoms. The maximum absolute atomic E-state index is 12.3. The molecule has 0 aliphatic rings. The molecule has 4 aromatic rings. The Hall–Kier alpha value is -3.45. The zero-order valence-electron chi connectivity index (χ0n) is 15.0. The second-order valence-corrected chi connectivity index (χ2v) is 7.11. The average Bonchev–Trinajstić information content (AvgIpc) is 3.15. The minimum absolute atomic E-state index is 0.134. The van der Waals surface area contributed by atoms with Gasteiger partial charge >= 0.3 is 5.97 Å². The molecule has 0 saturated heterocycles. The van der Waals surface area contributed by atoms with Crippen LogP contribution in [0.4, 0.5) is 5.69 Å². The van der Waals surface area contributed by atoms with E-state index < -0.39 is 0 Å². The van der Waals surface area contributed by atoms with Crippen molar-refractivity contribution in [1.82, 2.24) is 4.98 Å². The van der Waals surface area contributed by atoms with Crippen molar-refractivity contribution >= 4 is 49.9 Å². The number of esters is 1. The highest BCUT2D eigenvalue weighted by atomic mass is 32.1. The molecule has 0 spiro atoms. The van der Waals surface area contributed by atoms with Crippen molar-refractivity contribution in [3.8, 4) is 5.75 Å². The Labute approximate surface area is 164 Å². The lowest BCUT2D eigenvalue weighted by molar-refractivity contribution is -0.118. The molecule has 1 amide bonds. The summed E-state index contributed by atoms with van der Waals surface area (Å²) in [7, 11) is 1.35. The molecule has 0 aliphatic heterocycles. The summed E-state index contributed by atoms with van der Waals surface area (Å²) in [6, 6.07) is 16.6. The maximum Gasteiger partial charge on any atom is 0.348 e. The van der Waals surface area contributed by atoms with Crippen molar-refractivity contribution in [1.29, 1.82) is 0 Å². The van der Waals surface area contributed by atoms with Crippen LogP contribution in [0.25, 0.3) is 21.0 Å². The first-order valence-electron chi connectivity index (χ1n) is 8.52. The Morgan fingerprint density at radius 2 is 1.93 bits per heavy atom. The van der Waals surface area contributed by atoms with E-state index in [1.807, 2.05) is 36.4 Å². The van der Waals surface area contributed by atoms with E-state index in [0.717, 1.165) is 15.5 Å². The Morgan fingerprint density at radius 1 is 1.07 bits per heavy atom. The quantitative estimate of drug-likeness (QED) is 0.514. The normalized spacial score (nSPS) is 10.8. The van der Waals surface area contributed by atoms with Gasteiger partial charge in [0.15, 0.2) is 6.61 Å². The third-order valence-electron chi connectivity index (χ3n) is 4.14. The number of amides is 1. The number of carbonyl (C=O) groups is 2. The van der Waals surface area contributed by atoms with Gasteiger partial charge in [0.05, 0.1) is 7.11 Å². The van der Waals surface area contributed by atoms with Gasteiger partial charge in [-0.15, -0.1) is 11.3 Å². The van der Waals surface area contributed by atoms with E-state index in [2.05, 4.69) is 10.3 Å². The van der Waals surface area contributed by atoms with Crippen LogP contribution < -0.4 is 10.1 Å². The number of hydrogen-bond donors (Lipinski definition) is 1. The first kappa shape index (κ1) is 17.9. The lowest BCUT2D eigenvalue weighted by atomic mass is 10.2. The molecule has 0 aliphatic carbocycles. The molecule has 0 radical (unpaired) electrons. The lowest BCUT2D eigenvalue weighted by Gasteiger charge is -2.09. The lowest BCUT2D eigenvalue weighted by Crippen LogP contribution is -2.20. The van der Waals surface area contributed by atoms with Gasteiger partial charge in [0.25, 0.3) is 5.91 Å². The van der Waals surface area contributed by atoms with Gasteiger partial charge in [0.1, 0.15) is 16.1 Å². The Kier molecular flexibility index (Phi) is 4.90. The van der Waals surface area contributed by atoms with Gasteiger partial charge in [-0.2, -0.15) is 0 Å². The zero-order chi connectivity index (χ0) is 19.5. The number of nitrogens with one attached hydrogen (secondary N) is 1. The molecule has 1 N–H and O–H groups in total. The zero-order valence-corrected chi connectivity index (χ0v) is 15.8. The summed E-state index contributed by atoms with van der Waals surface area (Å²) in [5, 5.41) is 4.62. The van der Waals surface area contributed by atoms with Crippen LogP contribution in [-0.2, 0) is 9.53 Å². The highest BCUT2D eigenvalue weighted by Crippen LogP contribution is 2.28. The number of fused-ring (bicyclic) bond motifs is 2. The number of ether oxygens (including phenoxy) is 2. The number of nitrogens with zero attached hydrogens (tertiary/aromatic N) is 1. The minimum Gasteiger partial charge on any atom is -0.481 e. The summed E-state index contributed by atoms with van der Waals surface area (Å²) >= 11 is 1.35. The Bertz CT molecular complexity index is 1180. The summed E-state index contributed by atoms with van der Waals surface area (Å²) in [4.78, 5) is 28.8. The standard InChI is InChI=1S/C21H16N2O4S/c1-26-21(25)18-11-14-10-15(7-8-17(14)28-18)23-19(24)12-27-16-6-2-4-13-5-3-9-22-20(13)16/h2-11H,12H2,1H3,(H,23,24). The number of benzene rings is 2. The first-order chi connectivity index (χ1) is 13.6. The summed E-state index contributed by atoms with van der Waals surface area (Å²) < 4.78 is 11.3. The van der Waals surface area contributed by atoms with Gasteiger partial charge in [0.2, 0.25) is 0 Å². The summed E-state index contributed by atoms with van der Waals surface area (Å²) in [5.74, 6) is -0.0937. The van der Waals surface area contributed by atoms with E-state index in [1.165, 1.54) is 18.4 Å². The fraction of sp³-hybridized carbons (Fsp3) is 0.0952.